The molecular formula is C21H20Cl2F3N5O. The van der Waals surface area contributed by atoms with E-state index in [4.69, 9.17) is 40.5 Å². The maximum Gasteiger partial charge on any atom is 0.279 e. The number of rotatable bonds is 6. The number of alkyl halides is 2. The van der Waals surface area contributed by atoms with Gasteiger partial charge < -0.3 is 15.8 Å². The summed E-state index contributed by atoms with van der Waals surface area (Å²) >= 11 is 11.8. The van der Waals surface area contributed by atoms with E-state index in [1.165, 1.54) is 29.3 Å². The maximum atomic E-state index is 14.1. The Bertz CT molecular complexity index is 1320. The quantitative estimate of drug-likeness (QED) is 0.459. The van der Waals surface area contributed by atoms with Crippen LogP contribution in [0.5, 0.6) is 5.75 Å². The fourth-order valence-corrected chi connectivity index (χ4v) is 3.67. The van der Waals surface area contributed by atoms with Crippen molar-refractivity contribution < 1.29 is 24.8 Å². The molecule has 170 valence electrons. The summed E-state index contributed by atoms with van der Waals surface area (Å²) in [5.41, 5.74) is 5.75. The molecule has 3 heterocycles. The summed E-state index contributed by atoms with van der Waals surface area (Å²) in [6.45, 7) is -3.93. The molecule has 3 aromatic rings. The average Bonchev–Trinajstić information content (AvgIpc) is 3.26. The Hall–Kier alpha value is -2.49. The van der Waals surface area contributed by atoms with E-state index in [1.54, 1.807) is 0 Å². The van der Waals surface area contributed by atoms with E-state index in [2.05, 4.69) is 15.4 Å². The molecule has 1 aliphatic rings. The molecule has 0 bridgehead atoms. The van der Waals surface area contributed by atoms with Gasteiger partial charge in [0.2, 0.25) is 0 Å². The van der Waals surface area contributed by atoms with Gasteiger partial charge >= 0.3 is 0 Å². The lowest BCUT2D eigenvalue weighted by Gasteiger charge is -2.22. The first-order chi connectivity index (χ1) is 17.1. The van der Waals surface area contributed by atoms with Crippen LogP contribution in [-0.2, 0) is 0 Å². The Morgan fingerprint density at radius 2 is 2.00 bits per heavy atom. The number of ether oxygens (including phenoxy) is 1. The summed E-state index contributed by atoms with van der Waals surface area (Å²) in [7, 11) is 0. The lowest BCUT2D eigenvalue weighted by Crippen LogP contribution is -2.29. The van der Waals surface area contributed by atoms with Gasteiger partial charge in [0.05, 0.1) is 18.6 Å². The van der Waals surface area contributed by atoms with E-state index >= 15 is 0 Å². The van der Waals surface area contributed by atoms with E-state index in [-0.39, 0.29) is 18.7 Å². The van der Waals surface area contributed by atoms with Crippen molar-refractivity contribution in [2.24, 2.45) is 0 Å². The third-order valence-electron chi connectivity index (χ3n) is 4.75. The first-order valence-corrected chi connectivity index (χ1v) is 10.1. The summed E-state index contributed by atoms with van der Waals surface area (Å²) < 4.78 is 89.1. The molecule has 0 spiro atoms. The number of nitrogens with zero attached hydrogens (tertiary/aromatic N) is 3. The van der Waals surface area contributed by atoms with Crippen molar-refractivity contribution in [3.63, 3.8) is 0 Å². The average molecular weight is 491 g/mol. The summed E-state index contributed by atoms with van der Waals surface area (Å²) in [5, 5.41) is 5.30. The molecule has 2 aromatic heterocycles. The molecular weight excluding hydrogens is 466 g/mol. The van der Waals surface area contributed by atoms with Gasteiger partial charge in [-0.2, -0.15) is 5.10 Å². The predicted octanol–water partition coefficient (Wildman–Crippen LogP) is 5.28. The monoisotopic (exact) mass is 490 g/mol. The SMILES string of the molecule is [2H]C1([2H])CC(n2cc(-c3cnc(N)c(OC([2H])(c4c(Cl)ccc(F)c4Cl)C(F)F)c3)cn2)CC([2H])([2H])N1. The van der Waals surface area contributed by atoms with Crippen LogP contribution in [0.1, 0.15) is 37.4 Å². The zero-order valence-corrected chi connectivity index (χ0v) is 17.8. The second-order valence-electron chi connectivity index (χ2n) is 6.84. The van der Waals surface area contributed by atoms with Crippen LogP contribution in [0.2, 0.25) is 10.0 Å². The summed E-state index contributed by atoms with van der Waals surface area (Å²) in [4.78, 5) is 3.94. The Labute approximate surface area is 199 Å². The van der Waals surface area contributed by atoms with Crippen LogP contribution >= 0.6 is 23.2 Å². The zero-order valence-electron chi connectivity index (χ0n) is 21.3. The molecule has 0 saturated carbocycles. The van der Waals surface area contributed by atoms with Gasteiger partial charge in [-0.15, -0.1) is 0 Å². The van der Waals surface area contributed by atoms with Crippen LogP contribution in [0.25, 0.3) is 11.1 Å². The molecule has 3 N–H and O–H groups in total. The highest BCUT2D eigenvalue weighted by molar-refractivity contribution is 6.36. The molecule has 11 heteroatoms. The number of anilines is 1. The zero-order chi connectivity index (χ0) is 27.3. The first kappa shape index (κ1) is 17.0. The van der Waals surface area contributed by atoms with Gasteiger partial charge in [0.1, 0.15) is 5.82 Å². The van der Waals surface area contributed by atoms with Gasteiger partial charge in [0, 0.05) is 39.6 Å². The summed E-state index contributed by atoms with van der Waals surface area (Å²) in [6, 6.07) is 2.46. The van der Waals surface area contributed by atoms with Crippen LogP contribution in [0.3, 0.4) is 0 Å². The molecule has 4 rings (SSSR count). The lowest BCUT2D eigenvalue weighted by atomic mass is 10.1. The minimum Gasteiger partial charge on any atom is -0.476 e. The summed E-state index contributed by atoms with van der Waals surface area (Å²) in [6.07, 6.45) is -2.65. The van der Waals surface area contributed by atoms with E-state index in [1.807, 2.05) is 0 Å². The number of halogens is 5. The number of aromatic nitrogens is 3. The van der Waals surface area contributed by atoms with E-state index < -0.39 is 58.7 Å². The first-order valence-electron chi connectivity index (χ1n) is 11.8. The van der Waals surface area contributed by atoms with Crippen molar-refractivity contribution in [3.05, 3.63) is 58.2 Å². The maximum absolute atomic E-state index is 14.1. The molecule has 1 saturated heterocycles. The van der Waals surface area contributed by atoms with Crippen molar-refractivity contribution in [1.82, 2.24) is 20.1 Å². The van der Waals surface area contributed by atoms with E-state index in [0.717, 1.165) is 12.1 Å². The third-order valence-corrected chi connectivity index (χ3v) is 5.44. The van der Waals surface area contributed by atoms with Crippen molar-refractivity contribution in [2.45, 2.75) is 31.4 Å². The van der Waals surface area contributed by atoms with Crippen LogP contribution in [0.4, 0.5) is 19.0 Å². The molecule has 1 aliphatic heterocycles. The van der Waals surface area contributed by atoms with Gasteiger partial charge in [-0.1, -0.05) is 23.2 Å². The highest BCUT2D eigenvalue weighted by atomic mass is 35.5. The highest BCUT2D eigenvalue weighted by Gasteiger charge is 2.31. The molecule has 1 unspecified atom stereocenters. The fraction of sp³-hybridized carbons (Fsp3) is 0.333. The fourth-order valence-electron chi connectivity index (χ4n) is 3.12. The highest BCUT2D eigenvalue weighted by Crippen LogP contribution is 2.39. The molecule has 6 nitrogen and oxygen atoms in total. The topological polar surface area (TPSA) is 78.0 Å². The lowest BCUT2D eigenvalue weighted by molar-refractivity contribution is 0.0107. The number of nitrogens with two attached hydrogens (primary N) is 1. The molecule has 0 radical (unpaired) electrons. The second kappa shape index (κ2) is 9.56. The minimum atomic E-state index is -3.53. The largest absolute Gasteiger partial charge is 0.476 e. The smallest absolute Gasteiger partial charge is 0.279 e. The number of nitrogens with one attached hydrogen (secondary N) is 1. The summed E-state index contributed by atoms with van der Waals surface area (Å²) in [5.74, 6) is -1.83. The van der Waals surface area contributed by atoms with Crippen LogP contribution < -0.4 is 15.8 Å². The Morgan fingerprint density at radius 1 is 1.25 bits per heavy atom. The van der Waals surface area contributed by atoms with Crippen molar-refractivity contribution >= 4 is 29.0 Å². The Kier molecular flexibility index (Phi) is 5.09. The molecule has 0 amide bonds. The standard InChI is InChI=1S/C21H20Cl2F3N5O/c22-14-1-2-15(24)18(23)17(14)19(20(25)26)32-16-7-11(8-29-21(16)27)12-9-30-31(10-12)13-3-5-28-6-4-13/h1-2,7-10,13,19-20,28H,3-6H2,(H2,27,29)/i5D2,6D2,19D. The Balaban J connectivity index is 1.68. The van der Waals surface area contributed by atoms with Crippen LogP contribution in [0, 0.1) is 5.82 Å². The second-order valence-corrected chi connectivity index (χ2v) is 7.63. The van der Waals surface area contributed by atoms with E-state index in [9.17, 15) is 13.2 Å². The number of hydrogen-bond donors (Lipinski definition) is 2. The number of hydrogen-bond acceptors (Lipinski definition) is 5. The number of pyridine rings is 1. The van der Waals surface area contributed by atoms with Crippen molar-refractivity contribution in [3.8, 4) is 16.9 Å². The minimum absolute atomic E-state index is 0.0487. The molecule has 1 aromatic carbocycles. The van der Waals surface area contributed by atoms with Crippen LogP contribution in [-0.4, -0.2) is 34.2 Å². The number of nitrogen functional groups attached to an aromatic ring is 1. The van der Waals surface area contributed by atoms with Gasteiger partial charge in [-0.3, -0.25) is 4.68 Å². The normalized spacial score (nSPS) is 22.2. The molecule has 0 aliphatic carbocycles. The van der Waals surface area contributed by atoms with Crippen molar-refractivity contribution in [2.75, 3.05) is 18.7 Å². The molecule has 1 fully saturated rings. The molecule has 1 atom stereocenters. The van der Waals surface area contributed by atoms with Gasteiger partial charge in [0.15, 0.2) is 17.6 Å². The van der Waals surface area contributed by atoms with E-state index in [0.29, 0.717) is 11.1 Å². The van der Waals surface area contributed by atoms with Crippen LogP contribution in [0.15, 0.2) is 36.8 Å². The van der Waals surface area contributed by atoms with Gasteiger partial charge in [0.25, 0.3) is 6.43 Å². The van der Waals surface area contributed by atoms with Crippen molar-refractivity contribution in [1.29, 1.82) is 0 Å². The Morgan fingerprint density at radius 3 is 2.72 bits per heavy atom. The molecule has 32 heavy (non-hydrogen) atoms. The predicted molar refractivity (Wildman–Crippen MR) is 117 cm³/mol. The third kappa shape index (κ3) is 4.65. The number of piperidine rings is 1. The van der Waals surface area contributed by atoms with Gasteiger partial charge in [-0.25, -0.2) is 18.2 Å². The van der Waals surface area contributed by atoms with Gasteiger partial charge in [-0.05, 0) is 44.0 Å². The number of benzene rings is 1.